The second-order valence-electron chi connectivity index (χ2n) is 4.85. The van der Waals surface area contributed by atoms with Crippen LogP contribution in [0.4, 0.5) is 5.69 Å². The third-order valence-corrected chi connectivity index (χ3v) is 3.75. The highest BCUT2D eigenvalue weighted by Gasteiger charge is 2.25. The number of aryl methyl sites for hydroxylation is 1. The normalized spacial score (nSPS) is 13.7. The Hall–Kier alpha value is -2.39. The van der Waals surface area contributed by atoms with Gasteiger partial charge < -0.3 is 5.32 Å². The van der Waals surface area contributed by atoms with Crippen molar-refractivity contribution in [2.45, 2.75) is 6.92 Å². The Balaban J connectivity index is 2.02. The molecule has 0 bridgehead atoms. The zero-order valence-corrected chi connectivity index (χ0v) is 12.1. The van der Waals surface area contributed by atoms with Crippen molar-refractivity contribution in [2.24, 2.45) is 0 Å². The summed E-state index contributed by atoms with van der Waals surface area (Å²) in [7, 11) is 0. The number of nitrogens with one attached hydrogen (secondary N) is 1. The van der Waals surface area contributed by atoms with Gasteiger partial charge in [0.05, 0.1) is 16.4 Å². The summed E-state index contributed by atoms with van der Waals surface area (Å²) < 4.78 is 0. The molecule has 1 N–H and O–H groups in total. The van der Waals surface area contributed by atoms with Crippen LogP contribution in [-0.2, 0) is 0 Å². The van der Waals surface area contributed by atoms with E-state index < -0.39 is 0 Å². The molecule has 0 fully saturated rings. The molecule has 0 saturated heterocycles. The molecular weight excluding hydrogens is 286 g/mol. The van der Waals surface area contributed by atoms with Crippen LogP contribution in [0.3, 0.4) is 0 Å². The summed E-state index contributed by atoms with van der Waals surface area (Å²) >= 11 is 6.15. The van der Waals surface area contributed by atoms with Crippen LogP contribution < -0.4 is 5.32 Å². The molecule has 1 aliphatic carbocycles. The number of carbonyl (C=O) groups excluding carboxylic acids is 2. The van der Waals surface area contributed by atoms with E-state index in [-0.39, 0.29) is 17.3 Å². The van der Waals surface area contributed by atoms with Crippen LogP contribution >= 0.6 is 11.6 Å². The van der Waals surface area contributed by atoms with E-state index in [0.29, 0.717) is 21.8 Å². The Bertz CT molecular complexity index is 773. The molecule has 0 radical (unpaired) electrons. The number of Topliss-reactive ketones (excluding diaryl/α,β-unsaturated/α-hetero) is 1. The number of carbonyl (C=O) groups is 2. The van der Waals surface area contributed by atoms with Gasteiger partial charge in [-0.3, -0.25) is 9.59 Å². The highest BCUT2D eigenvalue weighted by molar-refractivity contribution is 6.34. The first-order chi connectivity index (χ1) is 10.1. The highest BCUT2D eigenvalue weighted by Crippen LogP contribution is 2.29. The topological polar surface area (TPSA) is 46.2 Å². The SMILES string of the molecule is Cc1cccc(Cl)c1NC1=CC(=O)c2ccccc2C1=O. The molecule has 3 nitrogen and oxygen atoms in total. The number of para-hydroxylation sites is 1. The van der Waals surface area contributed by atoms with Gasteiger partial charge in [0.2, 0.25) is 5.78 Å². The smallest absolute Gasteiger partial charge is 0.210 e. The summed E-state index contributed by atoms with van der Waals surface area (Å²) in [6.45, 7) is 1.89. The molecule has 4 heteroatoms. The second-order valence-corrected chi connectivity index (χ2v) is 5.26. The van der Waals surface area contributed by atoms with Gasteiger partial charge in [-0.05, 0) is 18.6 Å². The minimum Gasteiger partial charge on any atom is -0.351 e. The number of anilines is 1. The Kier molecular flexibility index (Phi) is 3.35. The molecule has 0 aliphatic heterocycles. The average molecular weight is 298 g/mol. The van der Waals surface area contributed by atoms with Gasteiger partial charge >= 0.3 is 0 Å². The molecule has 0 heterocycles. The van der Waals surface area contributed by atoms with Crippen LogP contribution in [0.15, 0.2) is 54.2 Å². The minimum absolute atomic E-state index is 0.183. The van der Waals surface area contributed by atoms with E-state index >= 15 is 0 Å². The number of hydrogen-bond acceptors (Lipinski definition) is 3. The number of rotatable bonds is 2. The molecule has 2 aromatic carbocycles. The van der Waals surface area contributed by atoms with Gasteiger partial charge in [-0.25, -0.2) is 0 Å². The first-order valence-electron chi connectivity index (χ1n) is 6.50. The molecule has 2 aromatic rings. The number of benzene rings is 2. The highest BCUT2D eigenvalue weighted by atomic mass is 35.5. The van der Waals surface area contributed by atoms with Crippen molar-refractivity contribution in [3.05, 3.63) is 76.0 Å². The van der Waals surface area contributed by atoms with Crippen molar-refractivity contribution < 1.29 is 9.59 Å². The summed E-state index contributed by atoms with van der Waals surface area (Å²) in [6, 6.07) is 12.3. The van der Waals surface area contributed by atoms with Gasteiger partial charge in [-0.15, -0.1) is 0 Å². The standard InChI is InChI=1S/C17H12ClNO2/c1-10-5-4-8-13(18)16(10)19-14-9-15(20)11-6-2-3-7-12(11)17(14)21/h2-9,19H,1H3. The molecule has 0 atom stereocenters. The summed E-state index contributed by atoms with van der Waals surface area (Å²) in [5.74, 6) is -0.387. The fourth-order valence-corrected chi connectivity index (χ4v) is 2.60. The quantitative estimate of drug-likeness (QED) is 0.910. The van der Waals surface area contributed by atoms with Crippen LogP contribution in [0, 0.1) is 6.92 Å². The number of fused-ring (bicyclic) bond motifs is 1. The summed E-state index contributed by atoms with van der Waals surface area (Å²) in [5.41, 5.74) is 2.64. The average Bonchev–Trinajstić information content (AvgIpc) is 2.48. The van der Waals surface area contributed by atoms with Crippen molar-refractivity contribution in [3.8, 4) is 0 Å². The monoisotopic (exact) mass is 297 g/mol. The first kappa shape index (κ1) is 13.6. The third-order valence-electron chi connectivity index (χ3n) is 3.44. The third kappa shape index (κ3) is 2.36. The molecule has 0 unspecified atom stereocenters. The molecular formula is C17H12ClNO2. The number of hydrogen-bond donors (Lipinski definition) is 1. The van der Waals surface area contributed by atoms with Gasteiger partial charge in [-0.1, -0.05) is 48.0 Å². The van der Waals surface area contributed by atoms with Gasteiger partial charge in [0.15, 0.2) is 5.78 Å². The fraction of sp³-hybridized carbons (Fsp3) is 0.0588. The predicted octanol–water partition coefficient (Wildman–Crippen LogP) is 4.02. The van der Waals surface area contributed by atoms with Gasteiger partial charge in [0.25, 0.3) is 0 Å². The lowest BCUT2D eigenvalue weighted by atomic mass is 9.92. The summed E-state index contributed by atoms with van der Waals surface area (Å²) in [6.07, 6.45) is 1.33. The lowest BCUT2D eigenvalue weighted by Gasteiger charge is -2.18. The van der Waals surface area contributed by atoms with E-state index in [0.717, 1.165) is 5.56 Å². The van der Waals surface area contributed by atoms with E-state index in [4.69, 9.17) is 11.6 Å². The molecule has 0 saturated carbocycles. The molecule has 1 aliphatic rings. The van der Waals surface area contributed by atoms with Crippen LogP contribution in [0.1, 0.15) is 26.3 Å². The van der Waals surface area contributed by atoms with Crippen LogP contribution in [0.25, 0.3) is 0 Å². The molecule has 21 heavy (non-hydrogen) atoms. The predicted molar refractivity (Wildman–Crippen MR) is 83.0 cm³/mol. The molecule has 0 spiro atoms. The second kappa shape index (κ2) is 5.19. The first-order valence-corrected chi connectivity index (χ1v) is 6.87. The maximum absolute atomic E-state index is 12.5. The Morgan fingerprint density at radius 2 is 1.67 bits per heavy atom. The molecule has 3 rings (SSSR count). The van der Waals surface area contributed by atoms with E-state index in [1.165, 1.54) is 6.08 Å². The van der Waals surface area contributed by atoms with Gasteiger partial charge in [-0.2, -0.15) is 0 Å². The molecule has 104 valence electrons. The van der Waals surface area contributed by atoms with E-state index in [1.54, 1.807) is 30.3 Å². The van der Waals surface area contributed by atoms with Crippen LogP contribution in [0.5, 0.6) is 0 Å². The van der Waals surface area contributed by atoms with Crippen LogP contribution in [0.2, 0.25) is 5.02 Å². The Morgan fingerprint density at radius 3 is 2.38 bits per heavy atom. The van der Waals surface area contributed by atoms with Crippen molar-refractivity contribution in [2.75, 3.05) is 5.32 Å². The maximum Gasteiger partial charge on any atom is 0.210 e. The minimum atomic E-state index is -0.204. The maximum atomic E-state index is 12.5. The number of ketones is 2. The fourth-order valence-electron chi connectivity index (χ4n) is 2.33. The zero-order valence-electron chi connectivity index (χ0n) is 11.3. The van der Waals surface area contributed by atoms with Gasteiger partial charge in [0.1, 0.15) is 0 Å². The Labute approximate surface area is 127 Å². The largest absolute Gasteiger partial charge is 0.351 e. The van der Waals surface area contributed by atoms with Gasteiger partial charge in [0, 0.05) is 17.2 Å². The zero-order chi connectivity index (χ0) is 15.0. The van der Waals surface area contributed by atoms with Crippen molar-refractivity contribution in [3.63, 3.8) is 0 Å². The van der Waals surface area contributed by atoms with Crippen molar-refractivity contribution in [1.82, 2.24) is 0 Å². The molecule has 0 amide bonds. The van der Waals surface area contributed by atoms with E-state index in [2.05, 4.69) is 5.32 Å². The number of halogens is 1. The van der Waals surface area contributed by atoms with Crippen LogP contribution in [-0.4, -0.2) is 11.6 Å². The lowest BCUT2D eigenvalue weighted by molar-refractivity contribution is 0.0985. The summed E-state index contributed by atoms with van der Waals surface area (Å²) in [4.78, 5) is 24.6. The van der Waals surface area contributed by atoms with Crippen molar-refractivity contribution in [1.29, 1.82) is 0 Å². The van der Waals surface area contributed by atoms with Crippen molar-refractivity contribution >= 4 is 28.9 Å². The molecule has 0 aromatic heterocycles. The summed E-state index contributed by atoms with van der Waals surface area (Å²) in [5, 5.41) is 3.51. The lowest BCUT2D eigenvalue weighted by Crippen LogP contribution is -2.21. The Morgan fingerprint density at radius 1 is 0.952 bits per heavy atom. The van der Waals surface area contributed by atoms with E-state index in [9.17, 15) is 9.59 Å². The van der Waals surface area contributed by atoms with E-state index in [1.807, 2.05) is 19.1 Å². The number of allylic oxidation sites excluding steroid dienone is 2.